The van der Waals surface area contributed by atoms with E-state index < -0.39 is 16.6 Å². The molecule has 26 heavy (non-hydrogen) atoms. The molecule has 0 saturated heterocycles. The normalized spacial score (nSPS) is 10.3. The second kappa shape index (κ2) is 8.44. The van der Waals surface area contributed by atoms with E-state index >= 15 is 0 Å². The molecule has 0 aliphatic carbocycles. The summed E-state index contributed by atoms with van der Waals surface area (Å²) in [6.45, 7) is 3.39. The third kappa shape index (κ3) is 4.58. The number of nitrogens with zero attached hydrogens (tertiary/aromatic N) is 1. The van der Waals surface area contributed by atoms with E-state index in [-0.39, 0.29) is 23.0 Å². The molecule has 8 heteroatoms. The standard InChI is InChI=1S/C18H16ClNO6/c1-3-25-17-7-4-12(11(2)21)8-13(17)10-26-18(22)15-9-14(19)5-6-16(15)20(23)24/h4-9H,3,10H2,1-2H3. The lowest BCUT2D eigenvalue weighted by atomic mass is 10.1. The zero-order valence-electron chi connectivity index (χ0n) is 14.2. The molecule has 0 heterocycles. The number of rotatable bonds is 7. The molecule has 0 fully saturated rings. The Balaban J connectivity index is 2.27. The maximum atomic E-state index is 12.3. The highest BCUT2D eigenvalue weighted by Gasteiger charge is 2.22. The molecular formula is C18H16ClNO6. The first-order valence-corrected chi connectivity index (χ1v) is 8.09. The van der Waals surface area contributed by atoms with E-state index in [4.69, 9.17) is 21.1 Å². The molecule has 0 N–H and O–H groups in total. The summed E-state index contributed by atoms with van der Waals surface area (Å²) in [6, 6.07) is 8.43. The van der Waals surface area contributed by atoms with E-state index in [1.807, 2.05) is 0 Å². The number of carbonyl (C=O) groups is 2. The zero-order valence-corrected chi connectivity index (χ0v) is 14.9. The lowest BCUT2D eigenvalue weighted by molar-refractivity contribution is -0.385. The summed E-state index contributed by atoms with van der Waals surface area (Å²) in [5, 5.41) is 11.2. The quantitative estimate of drug-likeness (QED) is 0.310. The summed E-state index contributed by atoms with van der Waals surface area (Å²) in [7, 11) is 0. The minimum atomic E-state index is -0.894. The summed E-state index contributed by atoms with van der Waals surface area (Å²) in [4.78, 5) is 34.2. The van der Waals surface area contributed by atoms with E-state index in [9.17, 15) is 19.7 Å². The summed E-state index contributed by atoms with van der Waals surface area (Å²) in [6.07, 6.45) is 0. The van der Waals surface area contributed by atoms with Gasteiger partial charge in [-0.25, -0.2) is 4.79 Å². The molecule has 0 spiro atoms. The summed E-state index contributed by atoms with van der Waals surface area (Å²) in [5.41, 5.74) is 0.274. The van der Waals surface area contributed by atoms with E-state index in [0.29, 0.717) is 23.5 Å². The second-order valence-electron chi connectivity index (χ2n) is 5.31. The molecule has 0 amide bonds. The number of hydrogen-bond donors (Lipinski definition) is 0. The van der Waals surface area contributed by atoms with Crippen LogP contribution in [0.15, 0.2) is 36.4 Å². The maximum Gasteiger partial charge on any atom is 0.345 e. The van der Waals surface area contributed by atoms with Crippen LogP contribution in [-0.2, 0) is 11.3 Å². The highest BCUT2D eigenvalue weighted by molar-refractivity contribution is 6.31. The number of Topliss-reactive ketones (excluding diaryl/α,β-unsaturated/α-hetero) is 1. The van der Waals surface area contributed by atoms with Crippen molar-refractivity contribution in [3.8, 4) is 5.75 Å². The number of ether oxygens (including phenoxy) is 2. The lowest BCUT2D eigenvalue weighted by Crippen LogP contribution is -2.09. The fourth-order valence-corrected chi connectivity index (χ4v) is 2.43. The largest absolute Gasteiger partial charge is 0.493 e. The van der Waals surface area contributed by atoms with Gasteiger partial charge in [-0.1, -0.05) is 11.6 Å². The van der Waals surface area contributed by atoms with Gasteiger partial charge in [-0.05, 0) is 44.2 Å². The number of nitro groups is 1. The number of carbonyl (C=O) groups excluding carboxylic acids is 2. The third-order valence-corrected chi connectivity index (χ3v) is 3.74. The van der Waals surface area contributed by atoms with Crippen molar-refractivity contribution in [2.45, 2.75) is 20.5 Å². The van der Waals surface area contributed by atoms with Crippen molar-refractivity contribution in [3.63, 3.8) is 0 Å². The minimum absolute atomic E-state index is 0.147. The summed E-state index contributed by atoms with van der Waals surface area (Å²) < 4.78 is 10.6. The van der Waals surface area contributed by atoms with Crippen LogP contribution >= 0.6 is 11.6 Å². The smallest absolute Gasteiger partial charge is 0.345 e. The molecule has 0 saturated carbocycles. The molecule has 2 aromatic rings. The van der Waals surface area contributed by atoms with Gasteiger partial charge in [-0.15, -0.1) is 0 Å². The fourth-order valence-electron chi connectivity index (χ4n) is 2.26. The van der Waals surface area contributed by atoms with Crippen molar-refractivity contribution in [1.29, 1.82) is 0 Å². The van der Waals surface area contributed by atoms with Crippen molar-refractivity contribution in [3.05, 3.63) is 68.2 Å². The van der Waals surface area contributed by atoms with Crippen molar-refractivity contribution in [2.75, 3.05) is 6.61 Å². The second-order valence-corrected chi connectivity index (χ2v) is 5.74. The first kappa shape index (κ1) is 19.4. The van der Waals surface area contributed by atoms with Gasteiger partial charge >= 0.3 is 5.97 Å². The number of halogens is 1. The van der Waals surface area contributed by atoms with E-state index in [2.05, 4.69) is 0 Å². The van der Waals surface area contributed by atoms with Crippen LogP contribution in [-0.4, -0.2) is 23.3 Å². The fraction of sp³-hybridized carbons (Fsp3) is 0.222. The van der Waals surface area contributed by atoms with Crippen LogP contribution in [0.1, 0.15) is 40.1 Å². The Morgan fingerprint density at radius 2 is 1.92 bits per heavy atom. The average Bonchev–Trinajstić information content (AvgIpc) is 2.60. The van der Waals surface area contributed by atoms with Gasteiger partial charge in [0.2, 0.25) is 0 Å². The Kier molecular flexibility index (Phi) is 6.30. The number of hydrogen-bond acceptors (Lipinski definition) is 6. The predicted molar refractivity (Wildman–Crippen MR) is 94.8 cm³/mol. The van der Waals surface area contributed by atoms with Gasteiger partial charge in [0, 0.05) is 22.2 Å². The Morgan fingerprint density at radius 1 is 1.19 bits per heavy atom. The number of benzene rings is 2. The van der Waals surface area contributed by atoms with Crippen LogP contribution in [0.5, 0.6) is 5.75 Å². The number of ketones is 1. The Hall–Kier alpha value is -2.93. The summed E-state index contributed by atoms with van der Waals surface area (Å²) >= 11 is 5.82. The third-order valence-electron chi connectivity index (χ3n) is 3.50. The first-order valence-electron chi connectivity index (χ1n) is 7.71. The maximum absolute atomic E-state index is 12.3. The molecule has 136 valence electrons. The van der Waals surface area contributed by atoms with E-state index in [1.165, 1.54) is 19.1 Å². The zero-order chi connectivity index (χ0) is 19.3. The highest BCUT2D eigenvalue weighted by atomic mass is 35.5. The summed E-state index contributed by atoms with van der Waals surface area (Å²) in [5.74, 6) is -0.577. The van der Waals surface area contributed by atoms with Gasteiger partial charge in [0.1, 0.15) is 17.9 Å². The predicted octanol–water partition coefficient (Wildman–Crippen LogP) is 4.21. The van der Waals surface area contributed by atoms with Crippen LogP contribution in [0, 0.1) is 10.1 Å². The Labute approximate surface area is 154 Å². The number of esters is 1. The molecule has 2 aromatic carbocycles. The minimum Gasteiger partial charge on any atom is -0.493 e. The van der Waals surface area contributed by atoms with Gasteiger partial charge in [-0.3, -0.25) is 14.9 Å². The van der Waals surface area contributed by atoms with Crippen molar-refractivity contribution < 1.29 is 24.0 Å². The van der Waals surface area contributed by atoms with Gasteiger partial charge in [-0.2, -0.15) is 0 Å². The molecule has 0 radical (unpaired) electrons. The molecule has 7 nitrogen and oxygen atoms in total. The average molecular weight is 378 g/mol. The van der Waals surface area contributed by atoms with Crippen LogP contribution < -0.4 is 4.74 Å². The van der Waals surface area contributed by atoms with Gasteiger partial charge in [0.15, 0.2) is 5.78 Å². The van der Waals surface area contributed by atoms with E-state index in [1.54, 1.807) is 25.1 Å². The first-order chi connectivity index (χ1) is 12.3. The topological polar surface area (TPSA) is 95.7 Å². The van der Waals surface area contributed by atoms with Crippen molar-refractivity contribution >= 4 is 29.0 Å². The van der Waals surface area contributed by atoms with E-state index in [0.717, 1.165) is 6.07 Å². The monoisotopic (exact) mass is 377 g/mol. The lowest BCUT2D eigenvalue weighted by Gasteiger charge is -2.12. The van der Waals surface area contributed by atoms with Crippen LogP contribution in [0.4, 0.5) is 5.69 Å². The van der Waals surface area contributed by atoms with Gasteiger partial charge in [0.05, 0.1) is 11.5 Å². The molecule has 2 rings (SSSR count). The molecule has 0 aliphatic heterocycles. The molecule has 0 atom stereocenters. The number of nitro benzene ring substituents is 1. The van der Waals surface area contributed by atoms with Crippen LogP contribution in [0.3, 0.4) is 0 Å². The van der Waals surface area contributed by atoms with Gasteiger partial charge in [0.25, 0.3) is 5.69 Å². The highest BCUT2D eigenvalue weighted by Crippen LogP contribution is 2.26. The molecule has 0 bridgehead atoms. The van der Waals surface area contributed by atoms with Crippen LogP contribution in [0.25, 0.3) is 0 Å². The molecule has 0 aliphatic rings. The Bertz CT molecular complexity index is 865. The van der Waals surface area contributed by atoms with Crippen molar-refractivity contribution in [2.24, 2.45) is 0 Å². The van der Waals surface area contributed by atoms with Crippen LogP contribution in [0.2, 0.25) is 5.02 Å². The SMILES string of the molecule is CCOc1ccc(C(C)=O)cc1COC(=O)c1cc(Cl)ccc1[N+](=O)[O-]. The molecular weight excluding hydrogens is 362 g/mol. The molecule has 0 unspecified atom stereocenters. The molecule has 0 aromatic heterocycles. The van der Waals surface area contributed by atoms with Gasteiger partial charge < -0.3 is 9.47 Å². The Morgan fingerprint density at radius 3 is 2.54 bits per heavy atom. The van der Waals surface area contributed by atoms with Crippen molar-refractivity contribution in [1.82, 2.24) is 0 Å².